The van der Waals surface area contributed by atoms with Gasteiger partial charge in [-0.2, -0.15) is 5.10 Å². The van der Waals surface area contributed by atoms with Crippen LogP contribution in [0.2, 0.25) is 10.0 Å². The van der Waals surface area contributed by atoms with Gasteiger partial charge in [0.1, 0.15) is 18.9 Å². The molecule has 0 radical (unpaired) electrons. The van der Waals surface area contributed by atoms with E-state index in [0.717, 1.165) is 15.4 Å². The van der Waals surface area contributed by atoms with E-state index in [1.165, 1.54) is 18.3 Å². The number of benzene rings is 4. The summed E-state index contributed by atoms with van der Waals surface area (Å²) in [6.07, 6.45) is 1.46. The number of anilines is 1. The van der Waals surface area contributed by atoms with E-state index in [1.54, 1.807) is 61.5 Å². The summed E-state index contributed by atoms with van der Waals surface area (Å²) in [7, 11) is -4.06. The topological polar surface area (TPSA) is 88.1 Å². The second-order valence-corrected chi connectivity index (χ2v) is 11.7. The van der Waals surface area contributed by atoms with Crippen LogP contribution in [-0.4, -0.2) is 27.1 Å². The van der Waals surface area contributed by atoms with Gasteiger partial charge in [-0.05, 0) is 85.6 Å². The number of nitrogens with zero attached hydrogens (tertiary/aromatic N) is 2. The smallest absolute Gasteiger partial charge is 0.264 e. The van der Waals surface area contributed by atoms with Crippen molar-refractivity contribution < 1.29 is 17.9 Å². The molecule has 0 aliphatic heterocycles. The van der Waals surface area contributed by atoms with Crippen molar-refractivity contribution in [1.82, 2.24) is 5.43 Å². The number of hydrogen-bond acceptors (Lipinski definition) is 5. The van der Waals surface area contributed by atoms with Crippen LogP contribution in [0.4, 0.5) is 5.69 Å². The number of aryl methyl sites for hydroxylation is 2. The van der Waals surface area contributed by atoms with Gasteiger partial charge in [-0.3, -0.25) is 9.10 Å². The zero-order valence-electron chi connectivity index (χ0n) is 21.8. The van der Waals surface area contributed by atoms with Crippen LogP contribution in [0.5, 0.6) is 5.75 Å². The maximum atomic E-state index is 13.6. The minimum atomic E-state index is -4.06. The van der Waals surface area contributed by atoms with Crippen molar-refractivity contribution in [2.75, 3.05) is 10.8 Å². The molecule has 1 amide bonds. The van der Waals surface area contributed by atoms with Crippen LogP contribution in [0.25, 0.3) is 0 Å². The highest BCUT2D eigenvalue weighted by atomic mass is 35.5. The van der Waals surface area contributed by atoms with E-state index in [4.69, 9.17) is 27.9 Å². The first-order valence-corrected chi connectivity index (χ1v) is 14.5. The molecule has 0 aromatic heterocycles. The monoisotopic (exact) mass is 595 g/mol. The summed E-state index contributed by atoms with van der Waals surface area (Å²) in [6.45, 7) is 3.45. The highest BCUT2D eigenvalue weighted by Crippen LogP contribution is 2.29. The van der Waals surface area contributed by atoms with Gasteiger partial charge in [0.05, 0.1) is 16.8 Å². The van der Waals surface area contributed by atoms with Gasteiger partial charge in [0.15, 0.2) is 0 Å². The first-order chi connectivity index (χ1) is 19.1. The summed E-state index contributed by atoms with van der Waals surface area (Å²) in [5.41, 5.74) is 5.87. The summed E-state index contributed by atoms with van der Waals surface area (Å²) in [5, 5.41) is 5.10. The van der Waals surface area contributed by atoms with Gasteiger partial charge in [0.25, 0.3) is 15.9 Å². The predicted molar refractivity (Wildman–Crippen MR) is 160 cm³/mol. The Hall–Kier alpha value is -3.85. The molecule has 4 rings (SSSR count). The van der Waals surface area contributed by atoms with E-state index in [0.29, 0.717) is 39.2 Å². The first kappa shape index (κ1) is 29.1. The maximum absolute atomic E-state index is 13.6. The van der Waals surface area contributed by atoms with Crippen molar-refractivity contribution in [3.63, 3.8) is 0 Å². The Morgan fingerprint density at radius 1 is 0.950 bits per heavy atom. The van der Waals surface area contributed by atoms with E-state index < -0.39 is 22.5 Å². The van der Waals surface area contributed by atoms with Crippen LogP contribution < -0.4 is 14.5 Å². The molecule has 0 bridgehead atoms. The van der Waals surface area contributed by atoms with Gasteiger partial charge in [-0.25, -0.2) is 13.8 Å². The summed E-state index contributed by atoms with van der Waals surface area (Å²) in [5.74, 6) is 0.0392. The normalized spacial score (nSPS) is 11.4. The third-order valence-corrected chi connectivity index (χ3v) is 8.34. The van der Waals surface area contributed by atoms with Gasteiger partial charge in [0.2, 0.25) is 0 Å². The zero-order valence-corrected chi connectivity index (χ0v) is 24.2. The number of rotatable bonds is 10. The lowest BCUT2D eigenvalue weighted by atomic mass is 10.2. The molecule has 4 aromatic rings. The van der Waals surface area contributed by atoms with Crippen molar-refractivity contribution in [2.45, 2.75) is 25.3 Å². The molecule has 10 heteroatoms. The molecular weight excluding hydrogens is 569 g/mol. The SMILES string of the molecule is Cc1ccc(S(=O)(=O)N(CC(=O)N/N=C\c2ccc(OCc3ccccc3Cl)cc2)c2ccc(Cl)cc2C)cc1. The lowest BCUT2D eigenvalue weighted by molar-refractivity contribution is -0.119. The number of halogens is 2. The minimum absolute atomic E-state index is 0.0700. The number of ether oxygens (including phenoxy) is 1. The van der Waals surface area contributed by atoms with Crippen LogP contribution in [0.3, 0.4) is 0 Å². The fraction of sp³-hybridized carbons (Fsp3) is 0.133. The summed E-state index contributed by atoms with van der Waals surface area (Å²) >= 11 is 12.3. The molecule has 0 saturated carbocycles. The van der Waals surface area contributed by atoms with Crippen LogP contribution in [-0.2, 0) is 21.4 Å². The average molecular weight is 597 g/mol. The number of nitrogens with one attached hydrogen (secondary N) is 1. The van der Waals surface area contributed by atoms with Gasteiger partial charge >= 0.3 is 0 Å². The van der Waals surface area contributed by atoms with Crippen molar-refractivity contribution >= 4 is 51.0 Å². The third kappa shape index (κ3) is 7.41. The molecule has 0 aliphatic rings. The molecule has 1 N–H and O–H groups in total. The van der Waals surface area contributed by atoms with E-state index >= 15 is 0 Å². The van der Waals surface area contributed by atoms with Crippen molar-refractivity contribution in [3.8, 4) is 5.75 Å². The lowest BCUT2D eigenvalue weighted by Gasteiger charge is -2.25. The third-order valence-electron chi connectivity index (χ3n) is 5.96. The van der Waals surface area contributed by atoms with Gasteiger partial charge in [0, 0.05) is 15.6 Å². The average Bonchev–Trinajstić information content (AvgIpc) is 2.92. The lowest BCUT2D eigenvalue weighted by Crippen LogP contribution is -2.40. The Bertz CT molecular complexity index is 1620. The van der Waals surface area contributed by atoms with E-state index in [2.05, 4.69) is 10.5 Å². The zero-order chi connectivity index (χ0) is 28.7. The second kappa shape index (κ2) is 13.0. The van der Waals surface area contributed by atoms with Crippen LogP contribution in [0.15, 0.2) is 101 Å². The molecule has 0 saturated heterocycles. The number of sulfonamides is 1. The summed E-state index contributed by atoms with van der Waals surface area (Å²) in [6, 6.07) is 25.8. The molecule has 40 heavy (non-hydrogen) atoms. The van der Waals surface area contributed by atoms with Crippen LogP contribution >= 0.6 is 23.2 Å². The number of carbonyl (C=O) groups is 1. The van der Waals surface area contributed by atoms with Crippen molar-refractivity contribution in [2.24, 2.45) is 5.10 Å². The molecule has 7 nitrogen and oxygen atoms in total. The molecule has 0 heterocycles. The Balaban J connectivity index is 1.43. The minimum Gasteiger partial charge on any atom is -0.489 e. The second-order valence-electron chi connectivity index (χ2n) is 9.00. The highest BCUT2D eigenvalue weighted by Gasteiger charge is 2.28. The molecule has 0 unspecified atom stereocenters. The van der Waals surface area contributed by atoms with Crippen LogP contribution in [0, 0.1) is 13.8 Å². The molecule has 206 valence electrons. The first-order valence-electron chi connectivity index (χ1n) is 12.3. The molecule has 0 atom stereocenters. The van der Waals surface area contributed by atoms with Gasteiger partial charge < -0.3 is 4.74 Å². The standard InChI is InChI=1S/C30H27Cl2N3O4S/c1-21-7-14-27(15-8-21)40(37,38)35(29-16-11-25(31)17-22(29)2)19-30(36)34-33-18-23-9-12-26(13-10-23)39-20-24-5-3-4-6-28(24)32/h3-18H,19-20H2,1-2H3,(H,34,36)/b33-18-. The molecular formula is C30H27Cl2N3O4S. The number of hydrogen-bond donors (Lipinski definition) is 1. The number of hydrazone groups is 1. The van der Waals surface area contributed by atoms with E-state index in [-0.39, 0.29) is 4.90 Å². The van der Waals surface area contributed by atoms with Crippen LogP contribution in [0.1, 0.15) is 22.3 Å². The van der Waals surface area contributed by atoms with E-state index in [1.807, 2.05) is 31.2 Å². The van der Waals surface area contributed by atoms with E-state index in [9.17, 15) is 13.2 Å². The van der Waals surface area contributed by atoms with Crippen molar-refractivity contribution in [1.29, 1.82) is 0 Å². The van der Waals surface area contributed by atoms with Crippen molar-refractivity contribution in [3.05, 3.63) is 123 Å². The molecule has 0 fully saturated rings. The Labute approximate surface area is 244 Å². The molecule has 0 aliphatic carbocycles. The highest BCUT2D eigenvalue weighted by molar-refractivity contribution is 7.92. The van der Waals surface area contributed by atoms with Gasteiger partial charge in [-0.1, -0.05) is 59.1 Å². The number of carbonyl (C=O) groups excluding carboxylic acids is 1. The fourth-order valence-electron chi connectivity index (χ4n) is 3.81. The Kier molecular flexibility index (Phi) is 9.47. The maximum Gasteiger partial charge on any atom is 0.264 e. The predicted octanol–water partition coefficient (Wildman–Crippen LogP) is 6.53. The number of amides is 1. The quantitative estimate of drug-likeness (QED) is 0.167. The summed E-state index contributed by atoms with van der Waals surface area (Å²) < 4.78 is 34.0. The Morgan fingerprint density at radius 3 is 2.33 bits per heavy atom. The largest absolute Gasteiger partial charge is 0.489 e. The fourth-order valence-corrected chi connectivity index (χ4v) is 5.71. The summed E-state index contributed by atoms with van der Waals surface area (Å²) in [4.78, 5) is 12.9. The molecule has 4 aromatic carbocycles. The molecule has 0 spiro atoms. The Morgan fingerprint density at radius 2 is 1.65 bits per heavy atom. The van der Waals surface area contributed by atoms with Gasteiger partial charge in [-0.15, -0.1) is 0 Å².